The summed E-state index contributed by atoms with van der Waals surface area (Å²) >= 11 is 1.56. The maximum Gasteiger partial charge on any atom is 0.219 e. The van der Waals surface area contributed by atoms with Crippen molar-refractivity contribution in [3.05, 3.63) is 17.0 Å². The number of amides is 1. The van der Waals surface area contributed by atoms with Crippen molar-refractivity contribution in [3.63, 3.8) is 0 Å². The molecule has 0 saturated heterocycles. The van der Waals surface area contributed by atoms with Crippen LogP contribution in [-0.2, 0) is 11.3 Å². The Morgan fingerprint density at radius 2 is 2.31 bits per heavy atom. The van der Waals surface area contributed by atoms with Gasteiger partial charge in [0.15, 0.2) is 5.06 Å². The molecule has 0 spiro atoms. The first-order chi connectivity index (χ1) is 6.13. The second-order valence-corrected chi connectivity index (χ2v) is 3.93. The smallest absolute Gasteiger partial charge is 0.219 e. The third kappa shape index (κ3) is 2.73. The van der Waals surface area contributed by atoms with E-state index in [0.29, 0.717) is 6.54 Å². The molecule has 3 nitrogen and oxygen atoms in total. The summed E-state index contributed by atoms with van der Waals surface area (Å²) in [6.07, 6.45) is 0. The van der Waals surface area contributed by atoms with Gasteiger partial charge in [0.05, 0.1) is 13.7 Å². The largest absolute Gasteiger partial charge is 0.487 e. The van der Waals surface area contributed by atoms with E-state index < -0.39 is 0 Å². The van der Waals surface area contributed by atoms with Gasteiger partial charge in [-0.3, -0.25) is 4.79 Å². The minimum absolute atomic E-state index is 0.0763. The lowest BCUT2D eigenvalue weighted by Crippen LogP contribution is -2.22. The van der Waals surface area contributed by atoms with E-state index in [1.165, 1.54) is 0 Å². The molecule has 1 amide bonds. The second-order valence-electron chi connectivity index (χ2n) is 2.80. The van der Waals surface area contributed by atoms with Crippen LogP contribution in [0.1, 0.15) is 11.8 Å². The van der Waals surface area contributed by atoms with Crippen LogP contribution in [0.25, 0.3) is 0 Å². The first-order valence-corrected chi connectivity index (χ1v) is 4.79. The SMILES string of the molecule is COc1ccc(CN(C)C(C)=O)s1. The standard InChI is InChI=1S/C9H13NO2S/c1-7(11)10(2)6-8-4-5-9(12-3)13-8/h4-5H,6H2,1-3H3. The van der Waals surface area contributed by atoms with Crippen LogP contribution < -0.4 is 4.74 Å². The van der Waals surface area contributed by atoms with Crippen LogP contribution in [0.3, 0.4) is 0 Å². The predicted octanol–water partition coefficient (Wildman–Crippen LogP) is 1.74. The highest BCUT2D eigenvalue weighted by Gasteiger charge is 2.05. The number of hydrogen-bond acceptors (Lipinski definition) is 3. The molecular formula is C9H13NO2S. The van der Waals surface area contributed by atoms with Crippen molar-refractivity contribution in [3.8, 4) is 5.06 Å². The lowest BCUT2D eigenvalue weighted by molar-refractivity contribution is -0.128. The van der Waals surface area contributed by atoms with Crippen LogP contribution in [0.15, 0.2) is 12.1 Å². The third-order valence-electron chi connectivity index (χ3n) is 1.77. The van der Waals surface area contributed by atoms with E-state index in [1.807, 2.05) is 12.1 Å². The van der Waals surface area contributed by atoms with Crippen molar-refractivity contribution >= 4 is 17.2 Å². The highest BCUT2D eigenvalue weighted by molar-refractivity contribution is 7.13. The molecule has 0 aromatic carbocycles. The Hall–Kier alpha value is -1.03. The van der Waals surface area contributed by atoms with E-state index in [4.69, 9.17) is 4.74 Å². The van der Waals surface area contributed by atoms with Crippen LogP contribution in [0, 0.1) is 0 Å². The zero-order chi connectivity index (χ0) is 9.84. The average molecular weight is 199 g/mol. The van der Waals surface area contributed by atoms with Crippen molar-refractivity contribution in [1.29, 1.82) is 0 Å². The monoisotopic (exact) mass is 199 g/mol. The fourth-order valence-electron chi connectivity index (χ4n) is 0.898. The molecule has 0 radical (unpaired) electrons. The molecule has 0 aliphatic heterocycles. The minimum Gasteiger partial charge on any atom is -0.487 e. The Morgan fingerprint density at radius 3 is 2.77 bits per heavy atom. The summed E-state index contributed by atoms with van der Waals surface area (Å²) in [5.41, 5.74) is 0. The summed E-state index contributed by atoms with van der Waals surface area (Å²) < 4.78 is 5.05. The van der Waals surface area contributed by atoms with E-state index in [0.717, 1.165) is 9.94 Å². The van der Waals surface area contributed by atoms with E-state index in [-0.39, 0.29) is 5.91 Å². The molecule has 1 aromatic heterocycles. The Bertz CT molecular complexity index is 296. The summed E-state index contributed by atoms with van der Waals surface area (Å²) in [6.45, 7) is 2.22. The Kier molecular flexibility index (Phi) is 3.31. The molecule has 0 unspecified atom stereocenters. The summed E-state index contributed by atoms with van der Waals surface area (Å²) in [7, 11) is 3.43. The van der Waals surface area contributed by atoms with Gasteiger partial charge in [-0.2, -0.15) is 0 Å². The lowest BCUT2D eigenvalue weighted by atomic mass is 10.4. The van der Waals surface area contributed by atoms with Gasteiger partial charge < -0.3 is 9.64 Å². The van der Waals surface area contributed by atoms with Crippen LogP contribution in [-0.4, -0.2) is 25.0 Å². The molecule has 4 heteroatoms. The van der Waals surface area contributed by atoms with Gasteiger partial charge in [0.2, 0.25) is 5.91 Å². The van der Waals surface area contributed by atoms with E-state index in [2.05, 4.69) is 0 Å². The Morgan fingerprint density at radius 1 is 1.62 bits per heavy atom. The van der Waals surface area contributed by atoms with Crippen LogP contribution >= 0.6 is 11.3 Å². The molecule has 0 fully saturated rings. The molecule has 0 N–H and O–H groups in total. The van der Waals surface area contributed by atoms with Crippen LogP contribution in [0.2, 0.25) is 0 Å². The molecule has 13 heavy (non-hydrogen) atoms. The zero-order valence-electron chi connectivity index (χ0n) is 8.03. The quantitative estimate of drug-likeness (QED) is 0.742. The third-order valence-corrected chi connectivity index (χ3v) is 2.80. The highest BCUT2D eigenvalue weighted by Crippen LogP contribution is 2.24. The van der Waals surface area contributed by atoms with Gasteiger partial charge in [-0.05, 0) is 12.1 Å². The molecule has 1 heterocycles. The molecule has 72 valence electrons. The van der Waals surface area contributed by atoms with E-state index >= 15 is 0 Å². The summed E-state index contributed by atoms with van der Waals surface area (Å²) in [5.74, 6) is 0.0763. The van der Waals surface area contributed by atoms with Gasteiger partial charge in [-0.1, -0.05) is 0 Å². The maximum atomic E-state index is 10.9. The van der Waals surface area contributed by atoms with Gasteiger partial charge in [0.25, 0.3) is 0 Å². The molecule has 0 aliphatic carbocycles. The molecule has 1 aromatic rings. The summed E-state index contributed by atoms with van der Waals surface area (Å²) in [4.78, 5) is 13.7. The first-order valence-electron chi connectivity index (χ1n) is 3.98. The molecule has 0 saturated carbocycles. The van der Waals surface area contributed by atoms with Crippen LogP contribution in [0.5, 0.6) is 5.06 Å². The fraction of sp³-hybridized carbons (Fsp3) is 0.444. The van der Waals surface area contributed by atoms with Crippen molar-refractivity contribution in [1.82, 2.24) is 4.90 Å². The number of ether oxygens (including phenoxy) is 1. The average Bonchev–Trinajstić information content (AvgIpc) is 2.52. The molecule has 0 atom stereocenters. The number of rotatable bonds is 3. The van der Waals surface area contributed by atoms with Gasteiger partial charge in [-0.15, -0.1) is 11.3 Å². The molecular weight excluding hydrogens is 186 g/mol. The normalized spacial score (nSPS) is 9.77. The van der Waals surface area contributed by atoms with E-state index in [9.17, 15) is 4.79 Å². The Balaban J connectivity index is 2.58. The lowest BCUT2D eigenvalue weighted by Gasteiger charge is -2.12. The van der Waals surface area contributed by atoms with Crippen molar-refractivity contribution in [2.45, 2.75) is 13.5 Å². The summed E-state index contributed by atoms with van der Waals surface area (Å²) in [6, 6.07) is 3.89. The number of carbonyl (C=O) groups excluding carboxylic acids is 1. The zero-order valence-corrected chi connectivity index (χ0v) is 8.85. The Labute approximate surface area is 81.9 Å². The molecule has 1 rings (SSSR count). The number of carbonyl (C=O) groups is 1. The summed E-state index contributed by atoms with van der Waals surface area (Å²) in [5, 5.41) is 0.881. The van der Waals surface area contributed by atoms with Gasteiger partial charge in [0.1, 0.15) is 0 Å². The molecule has 0 aliphatic rings. The number of hydrogen-bond donors (Lipinski definition) is 0. The van der Waals surface area contributed by atoms with Crippen LogP contribution in [0.4, 0.5) is 0 Å². The van der Waals surface area contributed by atoms with Gasteiger partial charge in [0, 0.05) is 18.8 Å². The molecule has 0 bridgehead atoms. The van der Waals surface area contributed by atoms with Crippen molar-refractivity contribution in [2.24, 2.45) is 0 Å². The number of methoxy groups -OCH3 is 1. The minimum atomic E-state index is 0.0763. The predicted molar refractivity (Wildman–Crippen MR) is 53.0 cm³/mol. The van der Waals surface area contributed by atoms with Crippen molar-refractivity contribution in [2.75, 3.05) is 14.2 Å². The van der Waals surface area contributed by atoms with E-state index in [1.54, 1.807) is 37.3 Å². The van der Waals surface area contributed by atoms with Gasteiger partial charge >= 0.3 is 0 Å². The number of nitrogens with zero attached hydrogens (tertiary/aromatic N) is 1. The highest BCUT2D eigenvalue weighted by atomic mass is 32.1. The second kappa shape index (κ2) is 4.28. The van der Waals surface area contributed by atoms with Gasteiger partial charge in [-0.25, -0.2) is 0 Å². The topological polar surface area (TPSA) is 29.5 Å². The number of thiophene rings is 1. The first kappa shape index (κ1) is 10.1. The maximum absolute atomic E-state index is 10.9. The van der Waals surface area contributed by atoms with Crippen molar-refractivity contribution < 1.29 is 9.53 Å². The fourth-order valence-corrected chi connectivity index (χ4v) is 1.77.